The van der Waals surface area contributed by atoms with Crippen molar-refractivity contribution in [2.45, 2.75) is 12.1 Å². The van der Waals surface area contributed by atoms with Crippen LogP contribution in [0, 0.1) is 0 Å². The van der Waals surface area contributed by atoms with Crippen molar-refractivity contribution in [1.82, 2.24) is 0 Å². The highest BCUT2D eigenvalue weighted by molar-refractivity contribution is 6.42. The van der Waals surface area contributed by atoms with Crippen molar-refractivity contribution in [2.24, 2.45) is 0 Å². The molecule has 0 bridgehead atoms. The molecule has 0 saturated carbocycles. The van der Waals surface area contributed by atoms with Crippen LogP contribution in [0.25, 0.3) is 0 Å². The van der Waals surface area contributed by atoms with Crippen LogP contribution in [0.1, 0.15) is 11.5 Å². The number of fused-ring (bicyclic) bond motifs is 1. The molecule has 0 fully saturated rings. The molecule has 1 aliphatic heterocycles. The van der Waals surface area contributed by atoms with Gasteiger partial charge in [-0.2, -0.15) is 13.2 Å². The molecular formula is C11H5F3O4. The highest BCUT2D eigenvalue weighted by Crippen LogP contribution is 2.36. The summed E-state index contributed by atoms with van der Waals surface area (Å²) in [6.45, 7) is 0. The largest absolute Gasteiger partial charge is 0.451 e. The Morgan fingerprint density at radius 3 is 2.39 bits per heavy atom. The Morgan fingerprint density at radius 2 is 1.78 bits per heavy atom. The van der Waals surface area contributed by atoms with Gasteiger partial charge in [-0.15, -0.1) is 0 Å². The van der Waals surface area contributed by atoms with Crippen LogP contribution in [0.3, 0.4) is 0 Å². The van der Waals surface area contributed by atoms with E-state index in [1.165, 1.54) is 18.2 Å². The summed E-state index contributed by atoms with van der Waals surface area (Å²) < 4.78 is 41.7. The maximum Gasteiger partial charge on any atom is 0.451 e. The van der Waals surface area contributed by atoms with E-state index in [4.69, 9.17) is 0 Å². The number of ketones is 2. The fourth-order valence-corrected chi connectivity index (χ4v) is 1.65. The molecule has 2 rings (SSSR count). The van der Waals surface area contributed by atoms with Crippen molar-refractivity contribution in [3.63, 3.8) is 0 Å². The molecular weight excluding hydrogens is 253 g/mol. The second kappa shape index (κ2) is 3.94. The molecule has 0 spiro atoms. The van der Waals surface area contributed by atoms with E-state index < -0.39 is 29.6 Å². The van der Waals surface area contributed by atoms with Crippen molar-refractivity contribution in [3.05, 3.63) is 29.8 Å². The van der Waals surface area contributed by atoms with E-state index in [1.54, 1.807) is 0 Å². The molecule has 0 aliphatic carbocycles. The van der Waals surface area contributed by atoms with Crippen LogP contribution < -0.4 is 4.74 Å². The van der Waals surface area contributed by atoms with Crippen molar-refractivity contribution in [1.29, 1.82) is 0 Å². The summed E-state index contributed by atoms with van der Waals surface area (Å²) >= 11 is 0. The lowest BCUT2D eigenvalue weighted by Gasteiger charge is -2.22. The maximum absolute atomic E-state index is 12.4. The topological polar surface area (TPSA) is 60.4 Å². The Bertz CT molecular complexity index is 547. The van der Waals surface area contributed by atoms with Crippen molar-refractivity contribution >= 4 is 17.5 Å². The highest BCUT2D eigenvalue weighted by atomic mass is 19.4. The minimum Gasteiger partial charge on any atom is -0.420 e. The van der Waals surface area contributed by atoms with Gasteiger partial charge in [0.25, 0.3) is 11.6 Å². The summed E-state index contributed by atoms with van der Waals surface area (Å²) in [6.07, 6.45) is -5.19. The van der Waals surface area contributed by atoms with Gasteiger partial charge in [-0.05, 0) is 6.07 Å². The van der Waals surface area contributed by atoms with Gasteiger partial charge in [-0.25, -0.2) is 4.79 Å². The second-order valence-electron chi connectivity index (χ2n) is 3.59. The average Bonchev–Trinajstić information content (AvgIpc) is 2.29. The molecule has 0 aromatic heterocycles. The van der Waals surface area contributed by atoms with E-state index in [-0.39, 0.29) is 11.3 Å². The van der Waals surface area contributed by atoms with Gasteiger partial charge in [0.1, 0.15) is 11.7 Å². The number of carbonyl (C=O) groups excluding carboxylic acids is 3. The monoisotopic (exact) mass is 258 g/mol. The van der Waals surface area contributed by atoms with Crippen LogP contribution in [0.5, 0.6) is 5.75 Å². The number of carbonyl (C=O) groups is 3. The zero-order chi connectivity index (χ0) is 13.5. The van der Waals surface area contributed by atoms with E-state index in [9.17, 15) is 27.6 Å². The average molecular weight is 258 g/mol. The van der Waals surface area contributed by atoms with Gasteiger partial charge >= 0.3 is 12.1 Å². The van der Waals surface area contributed by atoms with E-state index in [1.807, 2.05) is 0 Å². The number of halogens is 3. The van der Waals surface area contributed by atoms with Crippen LogP contribution >= 0.6 is 0 Å². The zero-order valence-electron chi connectivity index (χ0n) is 8.65. The number of benzene rings is 1. The molecule has 0 amide bonds. The van der Waals surface area contributed by atoms with Crippen LogP contribution in [-0.4, -0.2) is 23.7 Å². The number of Topliss-reactive ketones (excluding diaryl/α,β-unsaturated/α-hetero) is 2. The molecule has 18 heavy (non-hydrogen) atoms. The molecule has 1 aromatic carbocycles. The molecule has 4 nitrogen and oxygen atoms in total. The van der Waals surface area contributed by atoms with Gasteiger partial charge in [-0.3, -0.25) is 9.59 Å². The first-order chi connectivity index (χ1) is 8.32. The van der Waals surface area contributed by atoms with Gasteiger partial charge in [0.05, 0.1) is 0 Å². The molecule has 1 atom stereocenters. The van der Waals surface area contributed by atoms with Gasteiger partial charge in [0, 0.05) is 5.56 Å². The van der Waals surface area contributed by atoms with E-state index in [2.05, 4.69) is 4.74 Å². The van der Waals surface area contributed by atoms with Crippen LogP contribution in [0.2, 0.25) is 0 Å². The maximum atomic E-state index is 12.4. The predicted octanol–water partition coefficient (Wildman–Crippen LogP) is 1.39. The number of alkyl halides is 3. The van der Waals surface area contributed by atoms with Gasteiger partial charge in [0.2, 0.25) is 0 Å². The Balaban J connectivity index is 2.55. The smallest absolute Gasteiger partial charge is 0.420 e. The summed E-state index contributed by atoms with van der Waals surface area (Å²) in [7, 11) is 0. The first-order valence-electron chi connectivity index (χ1n) is 4.78. The number of hydrogen-bond donors (Lipinski definition) is 0. The van der Waals surface area contributed by atoms with Gasteiger partial charge < -0.3 is 4.74 Å². The molecule has 1 unspecified atom stereocenters. The normalized spacial score (nSPS) is 19.2. The first-order valence-corrected chi connectivity index (χ1v) is 4.78. The van der Waals surface area contributed by atoms with E-state index >= 15 is 0 Å². The van der Waals surface area contributed by atoms with Gasteiger partial charge in [-0.1, -0.05) is 18.2 Å². The zero-order valence-corrected chi connectivity index (χ0v) is 8.65. The Hall–Kier alpha value is -2.18. The summed E-state index contributed by atoms with van der Waals surface area (Å²) in [5.74, 6) is -7.60. The van der Waals surface area contributed by atoms with Crippen molar-refractivity contribution < 1.29 is 32.3 Å². The summed E-state index contributed by atoms with van der Waals surface area (Å²) in [5.41, 5.74) is -0.246. The summed E-state index contributed by atoms with van der Waals surface area (Å²) in [5, 5.41) is 0. The number of ether oxygens (including phenoxy) is 1. The van der Waals surface area contributed by atoms with Crippen molar-refractivity contribution in [3.8, 4) is 5.75 Å². The fourth-order valence-electron chi connectivity index (χ4n) is 1.65. The van der Waals surface area contributed by atoms with Crippen LogP contribution in [-0.2, 0) is 14.4 Å². The third-order valence-corrected chi connectivity index (χ3v) is 2.44. The molecule has 1 heterocycles. The lowest BCUT2D eigenvalue weighted by Crippen LogP contribution is -2.41. The number of para-hydroxylation sites is 1. The standard InChI is InChI=1S/C11H5F3O4/c12-11(13,14)9(16)7-5-3-1-2-4-6(5)18-10(17)8(7)15/h1-4,7H. The molecule has 1 aromatic rings. The number of rotatable bonds is 1. The lowest BCUT2D eigenvalue weighted by molar-refractivity contribution is -0.175. The summed E-state index contributed by atoms with van der Waals surface area (Å²) in [6, 6.07) is 5.13. The fraction of sp³-hybridized carbons (Fsp3) is 0.182. The van der Waals surface area contributed by atoms with E-state index in [0.29, 0.717) is 0 Å². The van der Waals surface area contributed by atoms with E-state index in [0.717, 1.165) is 6.07 Å². The predicted molar refractivity (Wildman–Crippen MR) is 50.9 cm³/mol. The lowest BCUT2D eigenvalue weighted by atomic mass is 9.88. The minimum absolute atomic E-state index is 0.204. The third-order valence-electron chi connectivity index (χ3n) is 2.44. The second-order valence-corrected chi connectivity index (χ2v) is 3.59. The molecule has 0 saturated heterocycles. The highest BCUT2D eigenvalue weighted by Gasteiger charge is 2.51. The minimum atomic E-state index is -5.19. The molecule has 1 aliphatic rings. The quantitative estimate of drug-likeness (QED) is 0.330. The Morgan fingerprint density at radius 1 is 1.17 bits per heavy atom. The summed E-state index contributed by atoms with van der Waals surface area (Å²) in [4.78, 5) is 33.7. The molecule has 0 radical (unpaired) electrons. The molecule has 7 heteroatoms. The third kappa shape index (κ3) is 1.87. The molecule has 94 valence electrons. The Kier molecular flexibility index (Phi) is 2.68. The Labute approximate surface area is 98.3 Å². The SMILES string of the molecule is O=C1Oc2ccccc2C(C(=O)C(F)(F)F)C1=O. The molecule has 0 N–H and O–H groups in total. The first kappa shape index (κ1) is 12.3. The number of esters is 1. The van der Waals surface area contributed by atoms with Crippen LogP contribution in [0.15, 0.2) is 24.3 Å². The van der Waals surface area contributed by atoms with Crippen LogP contribution in [0.4, 0.5) is 13.2 Å². The van der Waals surface area contributed by atoms with Crippen molar-refractivity contribution in [2.75, 3.05) is 0 Å². The number of hydrogen-bond acceptors (Lipinski definition) is 4. The van der Waals surface area contributed by atoms with Gasteiger partial charge in [0.15, 0.2) is 0 Å².